The van der Waals surface area contributed by atoms with E-state index in [-0.39, 0.29) is 23.0 Å². The van der Waals surface area contributed by atoms with Gasteiger partial charge < -0.3 is 30.9 Å². The number of halogens is 3. The quantitative estimate of drug-likeness (QED) is 0.139. The highest BCUT2D eigenvalue weighted by Gasteiger charge is 2.19. The Morgan fingerprint density at radius 3 is 2.38 bits per heavy atom. The number of anilines is 3. The van der Waals surface area contributed by atoms with Crippen molar-refractivity contribution >= 4 is 83.8 Å². The number of methoxy groups -OCH3 is 1. The van der Waals surface area contributed by atoms with E-state index in [0.717, 1.165) is 0 Å². The monoisotopic (exact) mass is 565 g/mol. The molecule has 0 aromatic heterocycles. The van der Waals surface area contributed by atoms with Gasteiger partial charge in [0.2, 0.25) is 0 Å². The molecule has 2 aromatic carbocycles. The number of carbonyl (C=O) groups excluding carboxylic acids is 1. The molecule has 0 saturated heterocycles. The molecule has 0 spiro atoms. The minimum Gasteiger partial charge on any atom is -0.508 e. The average Bonchev–Trinajstić information content (AvgIpc) is 2.66. The van der Waals surface area contributed by atoms with E-state index in [1.165, 1.54) is 19.2 Å². The molecule has 2 rings (SSSR count). The number of phenolic OH excluding ortho intramolecular Hbond substituents is 1. The minimum absolute atomic E-state index is 0.00718. The predicted octanol–water partition coefficient (Wildman–Crippen LogP) is 4.96. The number of aromatic hydroxyl groups is 1. The number of benzene rings is 2. The Bertz CT molecular complexity index is 907. The number of ether oxygens (including phenoxy) is 1. The number of hydrogen-bond donors (Lipinski definition) is 5. The number of esters is 1. The van der Waals surface area contributed by atoms with Gasteiger partial charge in [0.1, 0.15) is 5.75 Å². The molecule has 0 heterocycles. The zero-order valence-corrected chi connectivity index (χ0v) is 19.9. The third-order valence-corrected chi connectivity index (χ3v) is 5.47. The fourth-order valence-electron chi connectivity index (χ4n) is 2.39. The Balaban J connectivity index is 2.35. The highest BCUT2D eigenvalue weighted by atomic mass is 79.9. The normalized spacial score (nSPS) is 10.4. The van der Waals surface area contributed by atoms with Gasteiger partial charge in [-0.1, -0.05) is 11.6 Å². The van der Waals surface area contributed by atoms with Crippen molar-refractivity contribution in [2.45, 2.75) is 6.42 Å². The zero-order valence-electron chi connectivity index (χ0n) is 15.2. The van der Waals surface area contributed by atoms with E-state index >= 15 is 0 Å². The second kappa shape index (κ2) is 11.0. The van der Waals surface area contributed by atoms with Gasteiger partial charge in [-0.3, -0.25) is 0 Å². The van der Waals surface area contributed by atoms with Crippen molar-refractivity contribution in [3.63, 3.8) is 0 Å². The van der Waals surface area contributed by atoms with Crippen LogP contribution < -0.4 is 16.0 Å². The molecule has 11 heteroatoms. The summed E-state index contributed by atoms with van der Waals surface area (Å²) >= 11 is 18.5. The maximum Gasteiger partial charge on any atom is 0.340 e. The Hall–Kier alpha value is -1.59. The lowest BCUT2D eigenvalue weighted by molar-refractivity contribution is 0.0602. The topological polar surface area (TPSA) is 103 Å². The first-order valence-electron chi connectivity index (χ1n) is 8.30. The van der Waals surface area contributed by atoms with Crippen LogP contribution in [-0.2, 0) is 4.74 Å². The molecule has 7 nitrogen and oxygen atoms in total. The second-order valence-electron chi connectivity index (χ2n) is 5.70. The van der Waals surface area contributed by atoms with E-state index in [1.807, 2.05) is 0 Å². The summed E-state index contributed by atoms with van der Waals surface area (Å²) in [5.41, 5.74) is 1.66. The summed E-state index contributed by atoms with van der Waals surface area (Å²) in [4.78, 5) is 12.2. The fourth-order valence-corrected chi connectivity index (χ4v) is 4.16. The van der Waals surface area contributed by atoms with Gasteiger partial charge in [0.25, 0.3) is 0 Å². The fraction of sp³-hybridized carbons (Fsp3) is 0.222. The average molecular weight is 568 g/mol. The van der Waals surface area contributed by atoms with Crippen LogP contribution in [0.15, 0.2) is 33.2 Å². The molecule has 2 aromatic rings. The summed E-state index contributed by atoms with van der Waals surface area (Å²) in [5, 5.41) is 28.3. The number of aliphatic hydroxyl groups is 1. The standard InChI is InChI=1S/C18H18Br2ClN3O4S/c1-28-17(27)10-3-4-13(21)16(14(10)22-5-2-6-25)24-18(29)23-15-11(19)7-9(26)8-12(15)20/h3-4,7-8,22,25-26H,2,5-6H2,1H3,(H2,23,24,29). The minimum atomic E-state index is -0.542. The maximum absolute atomic E-state index is 12.2. The van der Waals surface area contributed by atoms with E-state index in [9.17, 15) is 9.90 Å². The number of carbonyl (C=O) groups is 1. The summed E-state index contributed by atoms with van der Waals surface area (Å²) in [6.07, 6.45) is 0.475. The molecule has 156 valence electrons. The molecule has 0 aliphatic carbocycles. The summed E-state index contributed by atoms with van der Waals surface area (Å²) in [7, 11) is 1.29. The lowest BCUT2D eigenvalue weighted by atomic mass is 10.1. The number of hydrogen-bond acceptors (Lipinski definition) is 6. The van der Waals surface area contributed by atoms with Gasteiger partial charge in [0, 0.05) is 22.1 Å². The lowest BCUT2D eigenvalue weighted by Gasteiger charge is -2.20. The van der Waals surface area contributed by atoms with E-state index < -0.39 is 5.97 Å². The highest BCUT2D eigenvalue weighted by molar-refractivity contribution is 9.11. The molecule has 0 fully saturated rings. The van der Waals surface area contributed by atoms with Crippen LogP contribution in [0.5, 0.6) is 5.75 Å². The van der Waals surface area contributed by atoms with Gasteiger partial charge in [-0.2, -0.15) is 0 Å². The summed E-state index contributed by atoms with van der Waals surface area (Å²) in [6.45, 7) is 0.400. The number of nitrogens with one attached hydrogen (secondary N) is 3. The van der Waals surface area contributed by atoms with Crippen LogP contribution in [0.2, 0.25) is 5.02 Å². The van der Waals surface area contributed by atoms with Crippen molar-refractivity contribution in [1.82, 2.24) is 0 Å². The molecule has 0 aliphatic rings. The first-order chi connectivity index (χ1) is 13.8. The molecule has 0 bridgehead atoms. The third kappa shape index (κ3) is 6.19. The molecule has 0 radical (unpaired) electrons. The Morgan fingerprint density at radius 1 is 1.17 bits per heavy atom. The second-order valence-corrected chi connectivity index (χ2v) is 8.23. The molecule has 0 unspecified atom stereocenters. The van der Waals surface area contributed by atoms with E-state index in [2.05, 4.69) is 47.8 Å². The van der Waals surface area contributed by atoms with E-state index in [4.69, 9.17) is 33.7 Å². The van der Waals surface area contributed by atoms with Crippen molar-refractivity contribution in [3.8, 4) is 5.75 Å². The molecular weight excluding hydrogens is 550 g/mol. The van der Waals surface area contributed by atoms with Crippen LogP contribution in [-0.4, -0.2) is 41.6 Å². The van der Waals surface area contributed by atoms with Crippen LogP contribution in [0.25, 0.3) is 0 Å². The number of aliphatic hydroxyl groups excluding tert-OH is 1. The number of rotatable bonds is 7. The third-order valence-electron chi connectivity index (χ3n) is 3.70. The van der Waals surface area contributed by atoms with Crippen LogP contribution in [0.4, 0.5) is 17.1 Å². The van der Waals surface area contributed by atoms with Gasteiger partial charge >= 0.3 is 5.97 Å². The zero-order chi connectivity index (χ0) is 21.6. The number of phenols is 1. The molecular formula is C18H18Br2ClN3O4S. The van der Waals surface area contributed by atoms with Crippen LogP contribution in [0.3, 0.4) is 0 Å². The summed E-state index contributed by atoms with van der Waals surface area (Å²) in [5.74, 6) is -0.462. The van der Waals surface area contributed by atoms with Crippen molar-refractivity contribution in [2.24, 2.45) is 0 Å². The van der Waals surface area contributed by atoms with Crippen molar-refractivity contribution in [1.29, 1.82) is 0 Å². The molecule has 0 aliphatic heterocycles. The molecule has 0 saturated carbocycles. The van der Waals surface area contributed by atoms with Gasteiger partial charge in [-0.25, -0.2) is 4.79 Å². The Labute approximate surface area is 195 Å². The number of thiocarbonyl (C=S) groups is 1. The van der Waals surface area contributed by atoms with Gasteiger partial charge in [0.05, 0.1) is 34.8 Å². The maximum atomic E-state index is 12.2. The largest absolute Gasteiger partial charge is 0.508 e. The highest BCUT2D eigenvalue weighted by Crippen LogP contribution is 2.37. The van der Waals surface area contributed by atoms with Gasteiger partial charge in [-0.05, 0) is 74.8 Å². The van der Waals surface area contributed by atoms with Crippen LogP contribution >= 0.6 is 55.7 Å². The molecule has 0 amide bonds. The molecule has 29 heavy (non-hydrogen) atoms. The summed E-state index contributed by atoms with van der Waals surface area (Å²) in [6, 6.07) is 6.14. The smallest absolute Gasteiger partial charge is 0.340 e. The SMILES string of the molecule is COC(=O)c1ccc(Cl)c(NC(=S)Nc2c(Br)cc(O)cc2Br)c1NCCCO. The van der Waals surface area contributed by atoms with Gasteiger partial charge in [-0.15, -0.1) is 0 Å². The first-order valence-corrected chi connectivity index (χ1v) is 10.7. The van der Waals surface area contributed by atoms with Crippen molar-refractivity contribution in [2.75, 3.05) is 36.2 Å². The molecule has 5 N–H and O–H groups in total. The lowest BCUT2D eigenvalue weighted by Crippen LogP contribution is -2.22. The van der Waals surface area contributed by atoms with Crippen LogP contribution in [0.1, 0.15) is 16.8 Å². The Morgan fingerprint density at radius 2 is 1.79 bits per heavy atom. The Kier molecular flexibility index (Phi) is 8.97. The predicted molar refractivity (Wildman–Crippen MR) is 126 cm³/mol. The first kappa shape index (κ1) is 23.7. The van der Waals surface area contributed by atoms with Crippen molar-refractivity contribution in [3.05, 3.63) is 43.8 Å². The van der Waals surface area contributed by atoms with Gasteiger partial charge in [0.15, 0.2) is 5.11 Å². The summed E-state index contributed by atoms with van der Waals surface area (Å²) < 4.78 is 6.01. The van der Waals surface area contributed by atoms with E-state index in [1.54, 1.807) is 12.1 Å². The van der Waals surface area contributed by atoms with Crippen LogP contribution in [0, 0.1) is 0 Å². The van der Waals surface area contributed by atoms with Crippen molar-refractivity contribution < 1.29 is 19.7 Å². The molecule has 0 atom stereocenters. The van der Waals surface area contributed by atoms with E-state index in [0.29, 0.717) is 44.0 Å².